The molecule has 118 valence electrons. The molecule has 2 saturated carbocycles. The summed E-state index contributed by atoms with van der Waals surface area (Å²) in [6.07, 6.45) is 16.0. The fourth-order valence-electron chi connectivity index (χ4n) is 3.94. The Bertz CT molecular complexity index is 427. The molecule has 1 heterocycles. The maximum atomic E-state index is 6.57. The van der Waals surface area contributed by atoms with Crippen LogP contribution in [-0.4, -0.2) is 10.1 Å². The van der Waals surface area contributed by atoms with E-state index in [-0.39, 0.29) is 5.54 Å². The van der Waals surface area contributed by atoms with Crippen molar-refractivity contribution in [1.82, 2.24) is 10.1 Å². The number of rotatable bonds is 3. The Labute approximate surface area is 127 Å². The smallest absolute Gasteiger partial charge is 0.226 e. The van der Waals surface area contributed by atoms with Crippen molar-refractivity contribution in [2.45, 2.75) is 89.0 Å². The van der Waals surface area contributed by atoms with Crippen molar-refractivity contribution in [1.29, 1.82) is 0 Å². The molecule has 3 rings (SSSR count). The van der Waals surface area contributed by atoms with Crippen LogP contribution in [0.1, 0.15) is 88.8 Å². The molecule has 0 aromatic carbocycles. The quantitative estimate of drug-likeness (QED) is 0.852. The van der Waals surface area contributed by atoms with E-state index in [1.54, 1.807) is 0 Å². The summed E-state index contributed by atoms with van der Waals surface area (Å²) in [5, 5.41) is 4.23. The Kier molecular flexibility index (Phi) is 4.94. The molecule has 1 aromatic rings. The van der Waals surface area contributed by atoms with Gasteiger partial charge in [-0.05, 0) is 31.6 Å². The Morgan fingerprint density at radius 3 is 2.24 bits per heavy atom. The topological polar surface area (TPSA) is 64.9 Å². The summed E-state index contributed by atoms with van der Waals surface area (Å²) in [5.74, 6) is 2.29. The second-order valence-electron chi connectivity index (χ2n) is 7.14. The van der Waals surface area contributed by atoms with Crippen molar-refractivity contribution >= 4 is 0 Å². The van der Waals surface area contributed by atoms with Gasteiger partial charge in [0.25, 0.3) is 0 Å². The summed E-state index contributed by atoms with van der Waals surface area (Å²) in [6.45, 7) is 0. The molecule has 2 N–H and O–H groups in total. The molecule has 4 nitrogen and oxygen atoms in total. The van der Waals surface area contributed by atoms with Crippen LogP contribution in [0, 0.1) is 5.92 Å². The zero-order chi connectivity index (χ0) is 14.5. The van der Waals surface area contributed by atoms with Gasteiger partial charge in [-0.3, -0.25) is 0 Å². The number of hydrogen-bond donors (Lipinski definition) is 1. The highest BCUT2D eigenvalue weighted by molar-refractivity contribution is 5.05. The van der Waals surface area contributed by atoms with E-state index in [1.807, 2.05) is 0 Å². The average molecular weight is 291 g/mol. The summed E-state index contributed by atoms with van der Waals surface area (Å²) in [7, 11) is 0. The predicted molar refractivity (Wildman–Crippen MR) is 82.8 cm³/mol. The normalized spacial score (nSPS) is 24.4. The van der Waals surface area contributed by atoms with Crippen LogP contribution in [0.2, 0.25) is 0 Å². The SMILES string of the molecule is NC1(c2noc(CC3CCCCCC3)n2)CCCCCC1. The monoisotopic (exact) mass is 291 g/mol. The van der Waals surface area contributed by atoms with Gasteiger partial charge in [0.1, 0.15) is 0 Å². The van der Waals surface area contributed by atoms with Crippen molar-refractivity contribution in [2.75, 3.05) is 0 Å². The number of hydrogen-bond acceptors (Lipinski definition) is 4. The van der Waals surface area contributed by atoms with Gasteiger partial charge in [0, 0.05) is 6.42 Å². The fraction of sp³-hybridized carbons (Fsp3) is 0.882. The van der Waals surface area contributed by atoms with E-state index >= 15 is 0 Å². The predicted octanol–water partition coefficient (Wildman–Crippen LogP) is 4.09. The molecule has 2 aliphatic rings. The molecule has 2 aliphatic carbocycles. The van der Waals surface area contributed by atoms with Crippen LogP contribution in [0.25, 0.3) is 0 Å². The van der Waals surface area contributed by atoms with Crippen molar-refractivity contribution in [3.63, 3.8) is 0 Å². The van der Waals surface area contributed by atoms with E-state index in [9.17, 15) is 0 Å². The maximum Gasteiger partial charge on any atom is 0.226 e. The van der Waals surface area contributed by atoms with Gasteiger partial charge in [0.15, 0.2) is 5.82 Å². The van der Waals surface area contributed by atoms with E-state index < -0.39 is 0 Å². The van der Waals surface area contributed by atoms with Gasteiger partial charge in [-0.25, -0.2) is 0 Å². The second kappa shape index (κ2) is 6.91. The standard InChI is InChI=1S/C17H29N3O/c18-17(11-7-3-4-8-12-17)16-19-15(21-20-16)13-14-9-5-1-2-6-10-14/h14H,1-13,18H2. The molecule has 0 bridgehead atoms. The van der Waals surface area contributed by atoms with Gasteiger partial charge >= 0.3 is 0 Å². The van der Waals surface area contributed by atoms with Gasteiger partial charge < -0.3 is 10.3 Å². The average Bonchev–Trinajstić information content (AvgIpc) is 2.67. The lowest BCUT2D eigenvalue weighted by Gasteiger charge is -2.23. The Hall–Kier alpha value is -0.900. The summed E-state index contributed by atoms with van der Waals surface area (Å²) in [6, 6.07) is 0. The molecule has 0 unspecified atom stereocenters. The van der Waals surface area contributed by atoms with Gasteiger partial charge in [0.05, 0.1) is 5.54 Å². The molecule has 0 atom stereocenters. The molecule has 0 radical (unpaired) electrons. The molecule has 21 heavy (non-hydrogen) atoms. The maximum absolute atomic E-state index is 6.57. The molecule has 0 amide bonds. The van der Waals surface area contributed by atoms with E-state index in [1.165, 1.54) is 64.2 Å². The molecule has 0 saturated heterocycles. The molecule has 2 fully saturated rings. The first-order valence-electron chi connectivity index (χ1n) is 8.88. The highest BCUT2D eigenvalue weighted by Gasteiger charge is 2.33. The fourth-order valence-corrected chi connectivity index (χ4v) is 3.94. The van der Waals surface area contributed by atoms with Gasteiger partial charge in [-0.1, -0.05) is 56.5 Å². The summed E-state index contributed by atoms with van der Waals surface area (Å²) in [5.41, 5.74) is 6.22. The van der Waals surface area contributed by atoms with Crippen LogP contribution < -0.4 is 5.73 Å². The van der Waals surface area contributed by atoms with E-state index in [0.717, 1.165) is 36.9 Å². The number of nitrogens with zero attached hydrogens (tertiary/aromatic N) is 2. The minimum absolute atomic E-state index is 0.346. The van der Waals surface area contributed by atoms with Crippen LogP contribution in [0.15, 0.2) is 4.52 Å². The van der Waals surface area contributed by atoms with E-state index in [4.69, 9.17) is 10.3 Å². The van der Waals surface area contributed by atoms with Crippen molar-refractivity contribution in [3.8, 4) is 0 Å². The van der Waals surface area contributed by atoms with Gasteiger partial charge in [0.2, 0.25) is 5.89 Å². The summed E-state index contributed by atoms with van der Waals surface area (Å²) >= 11 is 0. The lowest BCUT2D eigenvalue weighted by Crippen LogP contribution is -2.37. The van der Waals surface area contributed by atoms with E-state index in [0.29, 0.717) is 0 Å². The Morgan fingerprint density at radius 2 is 1.57 bits per heavy atom. The lowest BCUT2D eigenvalue weighted by molar-refractivity contribution is 0.313. The van der Waals surface area contributed by atoms with Gasteiger partial charge in [-0.2, -0.15) is 4.98 Å². The van der Waals surface area contributed by atoms with Crippen LogP contribution in [0.5, 0.6) is 0 Å². The minimum Gasteiger partial charge on any atom is -0.339 e. The van der Waals surface area contributed by atoms with Crippen LogP contribution in [0.4, 0.5) is 0 Å². The Balaban J connectivity index is 1.64. The third-order valence-corrected chi connectivity index (χ3v) is 5.35. The van der Waals surface area contributed by atoms with Crippen LogP contribution in [0.3, 0.4) is 0 Å². The first-order valence-corrected chi connectivity index (χ1v) is 8.88. The first-order chi connectivity index (χ1) is 10.3. The first kappa shape index (κ1) is 15.0. The third kappa shape index (κ3) is 3.85. The molecule has 1 aromatic heterocycles. The highest BCUT2D eigenvalue weighted by atomic mass is 16.5. The van der Waals surface area contributed by atoms with Crippen molar-refractivity contribution in [3.05, 3.63) is 11.7 Å². The summed E-state index contributed by atoms with van der Waals surface area (Å²) in [4.78, 5) is 4.67. The number of aromatic nitrogens is 2. The van der Waals surface area contributed by atoms with Gasteiger partial charge in [-0.15, -0.1) is 0 Å². The molecular formula is C17H29N3O. The van der Waals surface area contributed by atoms with Crippen molar-refractivity contribution in [2.24, 2.45) is 11.7 Å². The molecule has 0 spiro atoms. The van der Waals surface area contributed by atoms with E-state index in [2.05, 4.69) is 10.1 Å². The lowest BCUT2D eigenvalue weighted by atomic mass is 9.90. The molecular weight excluding hydrogens is 262 g/mol. The largest absolute Gasteiger partial charge is 0.339 e. The number of nitrogens with two attached hydrogens (primary N) is 1. The van der Waals surface area contributed by atoms with Crippen molar-refractivity contribution < 1.29 is 4.52 Å². The Morgan fingerprint density at radius 1 is 0.952 bits per heavy atom. The zero-order valence-electron chi connectivity index (χ0n) is 13.1. The third-order valence-electron chi connectivity index (χ3n) is 5.35. The van der Waals surface area contributed by atoms with Crippen LogP contribution in [-0.2, 0) is 12.0 Å². The summed E-state index contributed by atoms with van der Waals surface area (Å²) < 4.78 is 5.53. The zero-order valence-corrected chi connectivity index (χ0v) is 13.1. The second-order valence-corrected chi connectivity index (χ2v) is 7.14. The molecule has 4 heteroatoms. The minimum atomic E-state index is -0.346. The highest BCUT2D eigenvalue weighted by Crippen LogP contribution is 2.32. The van der Waals surface area contributed by atoms with Crippen LogP contribution >= 0.6 is 0 Å². The molecule has 0 aliphatic heterocycles.